The highest BCUT2D eigenvalue weighted by atomic mass is 16.5. The molecule has 0 saturated carbocycles. The first-order valence-corrected chi connectivity index (χ1v) is 5.17. The fourth-order valence-corrected chi connectivity index (χ4v) is 1.37. The first-order valence-electron chi connectivity index (χ1n) is 5.17. The maximum Gasteiger partial charge on any atom is 0.234 e. The van der Waals surface area contributed by atoms with Gasteiger partial charge in [-0.3, -0.25) is 9.69 Å². The predicted molar refractivity (Wildman–Crippen MR) is 63.1 cm³/mol. The van der Waals surface area contributed by atoms with Crippen molar-refractivity contribution in [2.24, 2.45) is 5.73 Å². The molecule has 88 valence electrons. The molecule has 0 aliphatic carbocycles. The molecule has 0 aliphatic heterocycles. The molecule has 0 bridgehead atoms. The van der Waals surface area contributed by atoms with E-state index in [1.165, 1.54) is 0 Å². The fourth-order valence-electron chi connectivity index (χ4n) is 1.37. The highest BCUT2D eigenvalue weighted by Crippen LogP contribution is 2.13. The molecular weight excluding hydrogens is 204 g/mol. The second kappa shape index (κ2) is 5.51. The zero-order valence-corrected chi connectivity index (χ0v) is 9.93. The van der Waals surface area contributed by atoms with Crippen LogP contribution in [0.4, 0.5) is 0 Å². The summed E-state index contributed by atoms with van der Waals surface area (Å²) in [7, 11) is 3.51. The lowest BCUT2D eigenvalue weighted by Crippen LogP contribution is -2.39. The Bertz CT molecular complexity index is 349. The highest BCUT2D eigenvalue weighted by molar-refractivity contribution is 5.79. The van der Waals surface area contributed by atoms with Crippen molar-refractivity contribution in [3.05, 3.63) is 29.8 Å². The number of hydrogen-bond donors (Lipinski definition) is 1. The Morgan fingerprint density at radius 1 is 1.44 bits per heavy atom. The van der Waals surface area contributed by atoms with Gasteiger partial charge in [0, 0.05) is 6.54 Å². The van der Waals surface area contributed by atoms with Gasteiger partial charge in [-0.05, 0) is 31.7 Å². The average Bonchev–Trinajstić information content (AvgIpc) is 2.28. The molecule has 0 saturated heterocycles. The van der Waals surface area contributed by atoms with E-state index in [-0.39, 0.29) is 11.9 Å². The van der Waals surface area contributed by atoms with Gasteiger partial charge >= 0.3 is 0 Å². The topological polar surface area (TPSA) is 55.6 Å². The third-order valence-corrected chi connectivity index (χ3v) is 2.66. The number of carbonyl (C=O) groups is 1. The number of hydrogen-bond acceptors (Lipinski definition) is 3. The van der Waals surface area contributed by atoms with Crippen LogP contribution in [0.15, 0.2) is 24.3 Å². The van der Waals surface area contributed by atoms with E-state index < -0.39 is 0 Å². The number of nitrogens with zero attached hydrogens (tertiary/aromatic N) is 1. The number of carbonyl (C=O) groups excluding carboxylic acids is 1. The SMILES string of the molecule is COc1ccc(CN(C)C(C)C(N)=O)cc1. The van der Waals surface area contributed by atoms with Crippen molar-refractivity contribution in [1.82, 2.24) is 4.90 Å². The first kappa shape index (κ1) is 12.5. The molecule has 4 nitrogen and oxygen atoms in total. The highest BCUT2D eigenvalue weighted by Gasteiger charge is 2.14. The molecule has 1 amide bonds. The van der Waals surface area contributed by atoms with Gasteiger partial charge in [0.05, 0.1) is 13.2 Å². The summed E-state index contributed by atoms with van der Waals surface area (Å²) in [6.45, 7) is 2.49. The molecule has 16 heavy (non-hydrogen) atoms. The second-order valence-electron chi connectivity index (χ2n) is 3.84. The lowest BCUT2D eigenvalue weighted by atomic mass is 10.2. The van der Waals surface area contributed by atoms with E-state index in [1.54, 1.807) is 14.0 Å². The molecule has 1 unspecified atom stereocenters. The quantitative estimate of drug-likeness (QED) is 0.808. The Kier molecular flexibility index (Phi) is 4.31. The predicted octanol–water partition coefficient (Wildman–Crippen LogP) is 1.00. The molecule has 0 spiro atoms. The van der Waals surface area contributed by atoms with Crippen molar-refractivity contribution in [1.29, 1.82) is 0 Å². The third-order valence-electron chi connectivity index (χ3n) is 2.66. The van der Waals surface area contributed by atoms with E-state index >= 15 is 0 Å². The van der Waals surface area contributed by atoms with Crippen molar-refractivity contribution in [3.63, 3.8) is 0 Å². The fraction of sp³-hybridized carbons (Fsp3) is 0.417. The molecular formula is C12H18N2O2. The van der Waals surface area contributed by atoms with Gasteiger partial charge in [-0.15, -0.1) is 0 Å². The van der Waals surface area contributed by atoms with Crippen LogP contribution in [0, 0.1) is 0 Å². The van der Waals surface area contributed by atoms with Crippen LogP contribution in [0.25, 0.3) is 0 Å². The Labute approximate surface area is 96.0 Å². The molecule has 0 heterocycles. The van der Waals surface area contributed by atoms with Crippen LogP contribution in [0.2, 0.25) is 0 Å². The summed E-state index contributed by atoms with van der Waals surface area (Å²) >= 11 is 0. The minimum atomic E-state index is -0.309. The van der Waals surface area contributed by atoms with Crippen LogP contribution >= 0.6 is 0 Å². The van der Waals surface area contributed by atoms with E-state index in [9.17, 15) is 4.79 Å². The average molecular weight is 222 g/mol. The van der Waals surface area contributed by atoms with Crippen molar-refractivity contribution >= 4 is 5.91 Å². The number of rotatable bonds is 5. The van der Waals surface area contributed by atoms with Crippen LogP contribution < -0.4 is 10.5 Å². The molecule has 1 aromatic carbocycles. The van der Waals surface area contributed by atoms with Gasteiger partial charge in [-0.2, -0.15) is 0 Å². The summed E-state index contributed by atoms with van der Waals surface area (Å²) in [5, 5.41) is 0. The molecule has 0 aliphatic rings. The van der Waals surface area contributed by atoms with Gasteiger partial charge in [0.2, 0.25) is 5.91 Å². The van der Waals surface area contributed by atoms with Crippen molar-refractivity contribution in [2.75, 3.05) is 14.2 Å². The first-order chi connectivity index (χ1) is 7.54. The standard InChI is InChI=1S/C12H18N2O2/c1-9(12(13)15)14(2)8-10-4-6-11(16-3)7-5-10/h4-7,9H,8H2,1-3H3,(H2,13,15). The van der Waals surface area contributed by atoms with E-state index in [4.69, 9.17) is 10.5 Å². The Hall–Kier alpha value is -1.55. The van der Waals surface area contributed by atoms with E-state index in [0.29, 0.717) is 6.54 Å². The summed E-state index contributed by atoms with van der Waals surface area (Å²) in [4.78, 5) is 12.9. The van der Waals surface area contributed by atoms with Crippen LogP contribution in [0.5, 0.6) is 5.75 Å². The maximum atomic E-state index is 11.0. The number of methoxy groups -OCH3 is 1. The smallest absolute Gasteiger partial charge is 0.234 e. The van der Waals surface area contributed by atoms with E-state index in [2.05, 4.69) is 0 Å². The second-order valence-corrected chi connectivity index (χ2v) is 3.84. The van der Waals surface area contributed by atoms with Crippen LogP contribution in [0.1, 0.15) is 12.5 Å². The lowest BCUT2D eigenvalue weighted by Gasteiger charge is -2.21. The summed E-state index contributed by atoms with van der Waals surface area (Å²) in [5.74, 6) is 0.519. The zero-order valence-electron chi connectivity index (χ0n) is 9.93. The molecule has 4 heteroatoms. The minimum Gasteiger partial charge on any atom is -0.497 e. The zero-order chi connectivity index (χ0) is 12.1. The van der Waals surface area contributed by atoms with Gasteiger partial charge < -0.3 is 10.5 Å². The largest absolute Gasteiger partial charge is 0.497 e. The Morgan fingerprint density at radius 2 is 2.00 bits per heavy atom. The summed E-state index contributed by atoms with van der Waals surface area (Å²) in [6, 6.07) is 7.49. The molecule has 0 aromatic heterocycles. The van der Waals surface area contributed by atoms with Crippen molar-refractivity contribution in [2.45, 2.75) is 19.5 Å². The van der Waals surface area contributed by atoms with Gasteiger partial charge in [-0.1, -0.05) is 12.1 Å². The number of primary amides is 1. The Balaban J connectivity index is 2.62. The third kappa shape index (κ3) is 3.24. The van der Waals surface area contributed by atoms with Crippen molar-refractivity contribution < 1.29 is 9.53 Å². The number of likely N-dealkylation sites (N-methyl/N-ethyl adjacent to an activating group) is 1. The van der Waals surface area contributed by atoms with E-state index in [1.807, 2.05) is 36.2 Å². The van der Waals surface area contributed by atoms with Gasteiger partial charge in [-0.25, -0.2) is 0 Å². The molecule has 0 fully saturated rings. The molecule has 2 N–H and O–H groups in total. The van der Waals surface area contributed by atoms with Gasteiger partial charge in [0.1, 0.15) is 5.75 Å². The summed E-state index contributed by atoms with van der Waals surface area (Å²) in [5.41, 5.74) is 6.36. The lowest BCUT2D eigenvalue weighted by molar-refractivity contribution is -0.122. The summed E-state index contributed by atoms with van der Waals surface area (Å²) in [6.07, 6.45) is 0. The molecule has 0 radical (unpaired) electrons. The van der Waals surface area contributed by atoms with E-state index in [0.717, 1.165) is 11.3 Å². The maximum absolute atomic E-state index is 11.0. The normalized spacial score (nSPS) is 12.5. The molecule has 1 aromatic rings. The minimum absolute atomic E-state index is 0.262. The van der Waals surface area contributed by atoms with Gasteiger partial charge in [0.25, 0.3) is 0 Å². The number of nitrogens with two attached hydrogens (primary N) is 1. The summed E-state index contributed by atoms with van der Waals surface area (Å²) < 4.78 is 5.07. The number of amides is 1. The van der Waals surface area contributed by atoms with Crippen molar-refractivity contribution in [3.8, 4) is 5.75 Å². The van der Waals surface area contributed by atoms with Crippen LogP contribution in [-0.4, -0.2) is 31.0 Å². The van der Waals surface area contributed by atoms with Crippen LogP contribution in [-0.2, 0) is 11.3 Å². The Morgan fingerprint density at radius 3 is 2.44 bits per heavy atom. The molecule has 1 atom stereocenters. The van der Waals surface area contributed by atoms with Crippen LogP contribution in [0.3, 0.4) is 0 Å². The molecule has 1 rings (SSSR count). The number of benzene rings is 1. The monoisotopic (exact) mass is 222 g/mol. The number of ether oxygens (including phenoxy) is 1. The van der Waals surface area contributed by atoms with Gasteiger partial charge in [0.15, 0.2) is 0 Å².